The summed E-state index contributed by atoms with van der Waals surface area (Å²) in [4.78, 5) is 0. The molecule has 1 saturated heterocycles. The summed E-state index contributed by atoms with van der Waals surface area (Å²) in [5, 5.41) is 3.57. The van der Waals surface area contributed by atoms with Crippen LogP contribution in [0.2, 0.25) is 0 Å². The number of fused-ring (bicyclic) bond motifs is 1. The molecule has 0 amide bonds. The van der Waals surface area contributed by atoms with E-state index in [1.165, 1.54) is 29.9 Å². The summed E-state index contributed by atoms with van der Waals surface area (Å²) < 4.78 is 5.77. The minimum absolute atomic E-state index is 0.658. The second-order valence-corrected chi connectivity index (χ2v) is 6.78. The Kier molecular flexibility index (Phi) is 4.34. The highest BCUT2D eigenvalue weighted by atomic mass is 32.2. The highest BCUT2D eigenvalue weighted by Gasteiger charge is 2.29. The summed E-state index contributed by atoms with van der Waals surface area (Å²) >= 11 is 2.11. The van der Waals surface area contributed by atoms with Crippen LogP contribution in [0.25, 0.3) is 0 Å². The average Bonchev–Trinajstić information content (AvgIpc) is 2.99. The minimum atomic E-state index is 0.658. The second-order valence-electron chi connectivity index (χ2n) is 5.63. The number of thioether (sulfide) groups is 1. The molecule has 1 aromatic carbocycles. The van der Waals surface area contributed by atoms with Crippen molar-refractivity contribution in [2.45, 2.75) is 31.2 Å². The molecular weight excluding hydrogens is 254 g/mol. The molecule has 3 rings (SSSR count). The van der Waals surface area contributed by atoms with E-state index in [-0.39, 0.29) is 0 Å². The fraction of sp³-hybridized carbons (Fsp3) is 0.625. The molecule has 0 aliphatic carbocycles. The Bertz CT molecular complexity index is 417. The molecule has 0 radical (unpaired) electrons. The van der Waals surface area contributed by atoms with Crippen LogP contribution < -0.4 is 10.1 Å². The van der Waals surface area contributed by atoms with Gasteiger partial charge in [-0.1, -0.05) is 18.2 Å². The Morgan fingerprint density at radius 3 is 3.05 bits per heavy atom. The molecule has 2 heterocycles. The van der Waals surface area contributed by atoms with Crippen molar-refractivity contribution in [1.82, 2.24) is 5.32 Å². The van der Waals surface area contributed by atoms with Gasteiger partial charge < -0.3 is 10.1 Å². The zero-order chi connectivity index (χ0) is 13.1. The summed E-state index contributed by atoms with van der Waals surface area (Å²) in [5.74, 6) is 5.29. The summed E-state index contributed by atoms with van der Waals surface area (Å²) in [5.41, 5.74) is 1.42. The minimum Gasteiger partial charge on any atom is -0.493 e. The molecule has 2 aliphatic rings. The molecule has 2 aliphatic heterocycles. The second kappa shape index (κ2) is 6.19. The molecule has 0 aromatic heterocycles. The lowest BCUT2D eigenvalue weighted by atomic mass is 9.83. The summed E-state index contributed by atoms with van der Waals surface area (Å²) in [6, 6.07) is 9.23. The Morgan fingerprint density at radius 2 is 2.26 bits per heavy atom. The van der Waals surface area contributed by atoms with E-state index < -0.39 is 0 Å². The largest absolute Gasteiger partial charge is 0.493 e. The summed E-state index contributed by atoms with van der Waals surface area (Å²) in [6.45, 7) is 0.873. The third-order valence-electron chi connectivity index (χ3n) is 4.53. The van der Waals surface area contributed by atoms with Gasteiger partial charge in [0.05, 0.1) is 6.61 Å². The van der Waals surface area contributed by atoms with Crippen LogP contribution in [0.1, 0.15) is 30.7 Å². The molecule has 0 spiro atoms. The first kappa shape index (κ1) is 13.3. The highest BCUT2D eigenvalue weighted by Crippen LogP contribution is 2.38. The first-order valence-electron chi connectivity index (χ1n) is 7.35. The Labute approximate surface area is 120 Å². The molecule has 19 heavy (non-hydrogen) atoms. The van der Waals surface area contributed by atoms with Gasteiger partial charge in [0.25, 0.3) is 0 Å². The highest BCUT2D eigenvalue weighted by molar-refractivity contribution is 7.99. The van der Waals surface area contributed by atoms with Gasteiger partial charge in [0, 0.05) is 6.04 Å². The molecule has 1 N–H and O–H groups in total. The van der Waals surface area contributed by atoms with E-state index in [0.717, 1.165) is 24.7 Å². The van der Waals surface area contributed by atoms with Crippen molar-refractivity contribution in [3.63, 3.8) is 0 Å². The lowest BCUT2D eigenvalue weighted by Crippen LogP contribution is -2.36. The lowest BCUT2D eigenvalue weighted by molar-refractivity contribution is 0.246. The van der Waals surface area contributed by atoms with E-state index in [1.54, 1.807) is 0 Å². The van der Waals surface area contributed by atoms with Crippen LogP contribution in [0.15, 0.2) is 24.3 Å². The van der Waals surface area contributed by atoms with Crippen LogP contribution >= 0.6 is 11.8 Å². The third-order valence-corrected chi connectivity index (χ3v) is 5.71. The van der Waals surface area contributed by atoms with Crippen molar-refractivity contribution >= 4 is 11.8 Å². The van der Waals surface area contributed by atoms with E-state index in [0.29, 0.717) is 12.0 Å². The van der Waals surface area contributed by atoms with Crippen molar-refractivity contribution in [3.05, 3.63) is 29.8 Å². The number of nitrogens with one attached hydrogen (secondary N) is 1. The average molecular weight is 277 g/mol. The van der Waals surface area contributed by atoms with Gasteiger partial charge in [-0.25, -0.2) is 0 Å². The zero-order valence-corrected chi connectivity index (χ0v) is 12.4. The predicted molar refractivity (Wildman–Crippen MR) is 82.2 cm³/mol. The number of hydrogen-bond acceptors (Lipinski definition) is 3. The maximum absolute atomic E-state index is 5.77. The van der Waals surface area contributed by atoms with Crippen LogP contribution in [-0.2, 0) is 0 Å². The fourth-order valence-electron chi connectivity index (χ4n) is 3.38. The van der Waals surface area contributed by atoms with E-state index in [9.17, 15) is 0 Å². The molecule has 3 atom stereocenters. The van der Waals surface area contributed by atoms with Gasteiger partial charge in [-0.3, -0.25) is 0 Å². The third kappa shape index (κ3) is 2.92. The number of rotatable bonds is 4. The van der Waals surface area contributed by atoms with Gasteiger partial charge in [-0.15, -0.1) is 0 Å². The summed E-state index contributed by atoms with van der Waals surface area (Å²) in [6.07, 6.45) is 3.79. The first-order chi connectivity index (χ1) is 9.38. The van der Waals surface area contributed by atoms with Crippen molar-refractivity contribution in [2.75, 3.05) is 25.2 Å². The molecule has 0 saturated carbocycles. The normalized spacial score (nSPS) is 27.6. The van der Waals surface area contributed by atoms with Crippen LogP contribution in [0.3, 0.4) is 0 Å². The maximum Gasteiger partial charge on any atom is 0.122 e. The quantitative estimate of drug-likeness (QED) is 0.912. The van der Waals surface area contributed by atoms with E-state index >= 15 is 0 Å². The van der Waals surface area contributed by atoms with Gasteiger partial charge in [0.15, 0.2) is 0 Å². The smallest absolute Gasteiger partial charge is 0.122 e. The van der Waals surface area contributed by atoms with Crippen molar-refractivity contribution in [3.8, 4) is 5.75 Å². The van der Waals surface area contributed by atoms with Gasteiger partial charge in [0.1, 0.15) is 5.75 Å². The lowest BCUT2D eigenvalue weighted by Gasteiger charge is -2.31. The molecule has 3 unspecified atom stereocenters. The van der Waals surface area contributed by atoms with Crippen LogP contribution in [0.4, 0.5) is 0 Å². The van der Waals surface area contributed by atoms with Crippen LogP contribution in [-0.4, -0.2) is 31.2 Å². The number of hydrogen-bond donors (Lipinski definition) is 1. The molecule has 3 heteroatoms. The van der Waals surface area contributed by atoms with Crippen LogP contribution in [0, 0.1) is 5.92 Å². The van der Waals surface area contributed by atoms with Gasteiger partial charge in [0.2, 0.25) is 0 Å². The van der Waals surface area contributed by atoms with Crippen molar-refractivity contribution < 1.29 is 4.74 Å². The molecular formula is C16H23NOS. The monoisotopic (exact) mass is 277 g/mol. The predicted octanol–water partition coefficient (Wildman–Crippen LogP) is 3.28. The molecule has 104 valence electrons. The first-order valence-corrected chi connectivity index (χ1v) is 8.50. The van der Waals surface area contributed by atoms with Gasteiger partial charge in [-0.2, -0.15) is 11.8 Å². The van der Waals surface area contributed by atoms with E-state index in [2.05, 4.69) is 48.4 Å². The Morgan fingerprint density at radius 1 is 1.37 bits per heavy atom. The van der Waals surface area contributed by atoms with E-state index in [4.69, 9.17) is 4.74 Å². The standard InChI is InChI=1S/C16H23NOS/c1-17-15(13-7-9-19-11-13)10-12-6-8-18-16-5-3-2-4-14(12)16/h2-5,12-13,15,17H,6-11H2,1H3. The molecule has 1 aromatic rings. The maximum atomic E-state index is 5.77. The van der Waals surface area contributed by atoms with Crippen molar-refractivity contribution in [1.29, 1.82) is 0 Å². The number of benzene rings is 1. The zero-order valence-electron chi connectivity index (χ0n) is 11.6. The van der Waals surface area contributed by atoms with Crippen LogP contribution in [0.5, 0.6) is 5.75 Å². The van der Waals surface area contributed by atoms with Gasteiger partial charge >= 0.3 is 0 Å². The number of ether oxygens (including phenoxy) is 1. The fourth-order valence-corrected chi connectivity index (χ4v) is 4.72. The van der Waals surface area contributed by atoms with Crippen molar-refractivity contribution in [2.24, 2.45) is 5.92 Å². The topological polar surface area (TPSA) is 21.3 Å². The number of para-hydroxylation sites is 1. The summed E-state index contributed by atoms with van der Waals surface area (Å²) in [7, 11) is 2.12. The molecule has 1 fully saturated rings. The Hall–Kier alpha value is -0.670. The van der Waals surface area contributed by atoms with E-state index in [1.807, 2.05) is 0 Å². The SMILES string of the molecule is CNC(CC1CCOc2ccccc21)C1CCSC1. The Balaban J connectivity index is 1.72. The molecule has 2 nitrogen and oxygen atoms in total. The van der Waals surface area contributed by atoms with Gasteiger partial charge in [-0.05, 0) is 61.3 Å². The molecule has 0 bridgehead atoms.